The molecule has 1 aliphatic rings. The fraction of sp³-hybridized carbons (Fsp3) is 0.533. The summed E-state index contributed by atoms with van der Waals surface area (Å²) in [6.07, 6.45) is 4.17. The van der Waals surface area contributed by atoms with Gasteiger partial charge in [-0.15, -0.1) is 0 Å². The number of hydrogen-bond acceptors (Lipinski definition) is 3. The molecule has 1 amide bonds. The van der Waals surface area contributed by atoms with Crippen LogP contribution in [0.4, 0.5) is 0 Å². The summed E-state index contributed by atoms with van der Waals surface area (Å²) in [5, 5.41) is 4.03. The van der Waals surface area contributed by atoms with E-state index in [1.165, 1.54) is 0 Å². The third-order valence-corrected chi connectivity index (χ3v) is 4.15. The molecule has 4 nitrogen and oxygen atoms in total. The highest BCUT2D eigenvalue weighted by Gasteiger charge is 2.19. The first-order chi connectivity index (χ1) is 10.0. The van der Waals surface area contributed by atoms with Crippen LogP contribution >= 0.6 is 23.2 Å². The summed E-state index contributed by atoms with van der Waals surface area (Å²) in [5.74, 6) is 0.540. The Kier molecular flexibility index (Phi) is 6.15. The molecule has 0 unspecified atom stereocenters. The molecule has 0 heterocycles. The molecule has 21 heavy (non-hydrogen) atoms. The van der Waals surface area contributed by atoms with E-state index in [2.05, 4.69) is 5.32 Å². The van der Waals surface area contributed by atoms with E-state index in [9.17, 15) is 4.79 Å². The molecule has 0 saturated heterocycles. The summed E-state index contributed by atoms with van der Waals surface area (Å²) in [7, 11) is 0. The minimum atomic E-state index is 0.000516. The van der Waals surface area contributed by atoms with E-state index >= 15 is 0 Å². The SMILES string of the molecule is NC1CCC(NC(=O)CCOc2ccc(Cl)cc2Cl)CC1. The first-order valence-corrected chi connectivity index (χ1v) is 7.93. The summed E-state index contributed by atoms with van der Waals surface area (Å²) >= 11 is 11.8. The van der Waals surface area contributed by atoms with Crippen molar-refractivity contribution < 1.29 is 9.53 Å². The summed E-state index contributed by atoms with van der Waals surface area (Å²) in [6, 6.07) is 5.55. The molecule has 6 heteroatoms. The van der Waals surface area contributed by atoms with E-state index in [1.54, 1.807) is 18.2 Å². The Bertz CT molecular complexity index is 489. The highest BCUT2D eigenvalue weighted by molar-refractivity contribution is 6.35. The Hall–Kier alpha value is -0.970. The standard InChI is InChI=1S/C15H20Cl2N2O2/c16-10-1-6-14(13(17)9-10)21-8-7-15(20)19-12-4-2-11(18)3-5-12/h1,6,9,11-12H,2-5,7-8,18H2,(H,19,20). The number of benzene rings is 1. The van der Waals surface area contributed by atoms with Gasteiger partial charge >= 0.3 is 0 Å². The summed E-state index contributed by atoms with van der Waals surface area (Å²) in [6.45, 7) is 0.291. The van der Waals surface area contributed by atoms with E-state index in [-0.39, 0.29) is 18.0 Å². The Morgan fingerprint density at radius 2 is 2.00 bits per heavy atom. The highest BCUT2D eigenvalue weighted by atomic mass is 35.5. The largest absolute Gasteiger partial charge is 0.491 e. The molecule has 1 fully saturated rings. The fourth-order valence-electron chi connectivity index (χ4n) is 2.41. The van der Waals surface area contributed by atoms with Gasteiger partial charge in [-0.05, 0) is 43.9 Å². The zero-order valence-electron chi connectivity index (χ0n) is 11.8. The van der Waals surface area contributed by atoms with Crippen molar-refractivity contribution in [3.05, 3.63) is 28.2 Å². The van der Waals surface area contributed by atoms with Crippen LogP contribution in [0.1, 0.15) is 32.1 Å². The van der Waals surface area contributed by atoms with Crippen molar-refractivity contribution in [1.82, 2.24) is 5.32 Å². The summed E-state index contributed by atoms with van der Waals surface area (Å²) in [5.41, 5.74) is 5.84. The summed E-state index contributed by atoms with van der Waals surface area (Å²) in [4.78, 5) is 11.8. The van der Waals surface area contributed by atoms with Crippen molar-refractivity contribution in [1.29, 1.82) is 0 Å². The first-order valence-electron chi connectivity index (χ1n) is 7.17. The molecular weight excluding hydrogens is 311 g/mol. The molecule has 1 aromatic rings. The van der Waals surface area contributed by atoms with Gasteiger partial charge in [0.25, 0.3) is 0 Å². The Balaban J connectivity index is 1.69. The van der Waals surface area contributed by atoms with Crippen molar-refractivity contribution in [3.63, 3.8) is 0 Å². The van der Waals surface area contributed by atoms with Crippen LogP contribution in [0.15, 0.2) is 18.2 Å². The molecule has 0 spiro atoms. The Morgan fingerprint density at radius 3 is 2.67 bits per heavy atom. The van der Waals surface area contributed by atoms with Gasteiger partial charge in [0.1, 0.15) is 5.75 Å². The second-order valence-corrected chi connectivity index (χ2v) is 6.20. The van der Waals surface area contributed by atoms with Gasteiger partial charge in [0, 0.05) is 17.1 Å². The van der Waals surface area contributed by atoms with Crippen LogP contribution in [0, 0.1) is 0 Å². The highest BCUT2D eigenvalue weighted by Crippen LogP contribution is 2.27. The Morgan fingerprint density at radius 1 is 1.29 bits per heavy atom. The predicted molar refractivity (Wildman–Crippen MR) is 84.9 cm³/mol. The molecule has 0 radical (unpaired) electrons. The van der Waals surface area contributed by atoms with Gasteiger partial charge in [-0.3, -0.25) is 4.79 Å². The molecule has 0 aromatic heterocycles. The van der Waals surface area contributed by atoms with E-state index in [4.69, 9.17) is 33.7 Å². The van der Waals surface area contributed by atoms with Crippen molar-refractivity contribution >= 4 is 29.1 Å². The zero-order chi connectivity index (χ0) is 15.2. The number of ether oxygens (including phenoxy) is 1. The van der Waals surface area contributed by atoms with Gasteiger partial charge in [0.2, 0.25) is 5.91 Å². The minimum absolute atomic E-state index is 0.000516. The number of halogens is 2. The maximum atomic E-state index is 11.8. The van der Waals surface area contributed by atoms with Gasteiger partial charge in [-0.1, -0.05) is 23.2 Å². The number of nitrogens with two attached hydrogens (primary N) is 1. The second-order valence-electron chi connectivity index (χ2n) is 5.35. The van der Waals surface area contributed by atoms with Gasteiger partial charge in [-0.2, -0.15) is 0 Å². The van der Waals surface area contributed by atoms with E-state index in [1.807, 2.05) is 0 Å². The van der Waals surface area contributed by atoms with Crippen LogP contribution in [0.25, 0.3) is 0 Å². The lowest BCUT2D eigenvalue weighted by Crippen LogP contribution is -2.40. The average molecular weight is 331 g/mol. The summed E-state index contributed by atoms with van der Waals surface area (Å²) < 4.78 is 5.50. The maximum absolute atomic E-state index is 11.8. The van der Waals surface area contributed by atoms with E-state index in [0.717, 1.165) is 25.7 Å². The van der Waals surface area contributed by atoms with Crippen LogP contribution < -0.4 is 15.8 Å². The number of rotatable bonds is 5. The molecule has 1 saturated carbocycles. The van der Waals surface area contributed by atoms with Gasteiger partial charge < -0.3 is 15.8 Å². The molecule has 0 aliphatic heterocycles. The van der Waals surface area contributed by atoms with Crippen molar-refractivity contribution in [2.45, 2.75) is 44.2 Å². The normalized spacial score (nSPS) is 21.9. The number of hydrogen-bond donors (Lipinski definition) is 2. The molecule has 3 N–H and O–H groups in total. The monoisotopic (exact) mass is 330 g/mol. The predicted octanol–water partition coefficient (Wildman–Crippen LogP) is 3.15. The van der Waals surface area contributed by atoms with Crippen LogP contribution in [-0.4, -0.2) is 24.6 Å². The number of nitrogens with one attached hydrogen (secondary N) is 1. The van der Waals surface area contributed by atoms with Crippen LogP contribution in [0.2, 0.25) is 10.0 Å². The molecule has 1 aliphatic carbocycles. The quantitative estimate of drug-likeness (QED) is 0.871. The lowest BCUT2D eigenvalue weighted by molar-refractivity contribution is -0.122. The fourth-order valence-corrected chi connectivity index (χ4v) is 2.87. The topological polar surface area (TPSA) is 64.3 Å². The average Bonchev–Trinajstić information content (AvgIpc) is 2.44. The van der Waals surface area contributed by atoms with Crippen molar-refractivity contribution in [2.75, 3.05) is 6.61 Å². The second kappa shape index (κ2) is 7.87. The lowest BCUT2D eigenvalue weighted by Gasteiger charge is -2.26. The number of carbonyl (C=O) groups is 1. The third-order valence-electron chi connectivity index (χ3n) is 3.62. The first kappa shape index (κ1) is 16.4. The molecule has 1 aromatic carbocycles. The van der Waals surface area contributed by atoms with Crippen LogP contribution in [-0.2, 0) is 4.79 Å². The van der Waals surface area contributed by atoms with E-state index in [0.29, 0.717) is 28.8 Å². The van der Waals surface area contributed by atoms with E-state index < -0.39 is 0 Å². The van der Waals surface area contributed by atoms with Gasteiger partial charge in [0.15, 0.2) is 0 Å². The zero-order valence-corrected chi connectivity index (χ0v) is 13.3. The third kappa shape index (κ3) is 5.38. The number of carbonyl (C=O) groups excluding carboxylic acids is 1. The Labute approximate surface area is 134 Å². The minimum Gasteiger partial charge on any atom is -0.491 e. The lowest BCUT2D eigenvalue weighted by atomic mass is 9.92. The molecule has 0 atom stereocenters. The molecule has 2 rings (SSSR count). The van der Waals surface area contributed by atoms with Gasteiger partial charge in [0.05, 0.1) is 18.1 Å². The molecule has 116 valence electrons. The van der Waals surface area contributed by atoms with Crippen molar-refractivity contribution in [2.24, 2.45) is 5.73 Å². The van der Waals surface area contributed by atoms with Crippen LogP contribution in [0.3, 0.4) is 0 Å². The smallest absolute Gasteiger partial charge is 0.223 e. The van der Waals surface area contributed by atoms with Crippen molar-refractivity contribution in [3.8, 4) is 5.75 Å². The van der Waals surface area contributed by atoms with Gasteiger partial charge in [-0.25, -0.2) is 0 Å². The maximum Gasteiger partial charge on any atom is 0.223 e. The molecular formula is C15H20Cl2N2O2. The molecule has 0 bridgehead atoms. The van der Waals surface area contributed by atoms with Crippen LogP contribution in [0.5, 0.6) is 5.75 Å². The number of amides is 1.